The Kier molecular flexibility index (Phi) is 0.917. The number of pyridine rings is 1. The van der Waals surface area contributed by atoms with Gasteiger partial charge < -0.3 is 10.2 Å². The Labute approximate surface area is 57.5 Å². The third-order valence-corrected chi connectivity index (χ3v) is 1.33. The second-order valence-electron chi connectivity index (χ2n) is 2.04. The normalized spacial score (nSPS) is 10.4. The standard InChI is InChI=1S/C7H6N2O/c8-7-2-1-6-5(9-7)3-4-10-6/h1-4H,(H2,8,9). The van der Waals surface area contributed by atoms with Crippen LogP contribution in [0.15, 0.2) is 28.9 Å². The summed E-state index contributed by atoms with van der Waals surface area (Å²) in [7, 11) is 0. The molecule has 2 N–H and O–H groups in total. The molecule has 0 saturated carbocycles. The van der Waals surface area contributed by atoms with E-state index in [1.54, 1.807) is 24.5 Å². The minimum atomic E-state index is 0.522. The average molecular weight is 134 g/mol. The van der Waals surface area contributed by atoms with Crippen molar-refractivity contribution in [2.45, 2.75) is 0 Å². The highest BCUT2D eigenvalue weighted by Gasteiger charge is 1.95. The fourth-order valence-corrected chi connectivity index (χ4v) is 0.869. The molecule has 0 aliphatic heterocycles. The minimum absolute atomic E-state index is 0.522. The first-order valence-corrected chi connectivity index (χ1v) is 2.96. The molecule has 2 aromatic heterocycles. The van der Waals surface area contributed by atoms with E-state index in [9.17, 15) is 0 Å². The van der Waals surface area contributed by atoms with E-state index in [2.05, 4.69) is 4.98 Å². The second kappa shape index (κ2) is 1.73. The van der Waals surface area contributed by atoms with Crippen molar-refractivity contribution in [3.8, 4) is 0 Å². The highest BCUT2D eigenvalue weighted by molar-refractivity contribution is 5.73. The number of fused-ring (bicyclic) bond motifs is 1. The van der Waals surface area contributed by atoms with Gasteiger partial charge in [0, 0.05) is 6.07 Å². The Morgan fingerprint density at radius 1 is 1.30 bits per heavy atom. The van der Waals surface area contributed by atoms with Crippen LogP contribution in [-0.2, 0) is 0 Å². The molecule has 0 aromatic carbocycles. The summed E-state index contributed by atoms with van der Waals surface area (Å²) in [6, 6.07) is 5.30. The predicted octanol–water partition coefficient (Wildman–Crippen LogP) is 1.41. The van der Waals surface area contributed by atoms with E-state index in [-0.39, 0.29) is 0 Å². The summed E-state index contributed by atoms with van der Waals surface area (Å²) in [5, 5.41) is 0. The molecule has 3 heteroatoms. The van der Waals surface area contributed by atoms with Crippen LogP contribution in [0.25, 0.3) is 11.1 Å². The van der Waals surface area contributed by atoms with Gasteiger partial charge >= 0.3 is 0 Å². The van der Waals surface area contributed by atoms with E-state index in [1.807, 2.05) is 0 Å². The van der Waals surface area contributed by atoms with Crippen LogP contribution in [0.5, 0.6) is 0 Å². The van der Waals surface area contributed by atoms with Crippen LogP contribution in [0.4, 0.5) is 5.82 Å². The first kappa shape index (κ1) is 5.29. The van der Waals surface area contributed by atoms with Gasteiger partial charge in [-0.1, -0.05) is 0 Å². The molecule has 2 heterocycles. The molecule has 0 saturated heterocycles. The van der Waals surface area contributed by atoms with E-state index < -0.39 is 0 Å². The van der Waals surface area contributed by atoms with E-state index in [4.69, 9.17) is 10.2 Å². The highest BCUT2D eigenvalue weighted by Crippen LogP contribution is 2.13. The Hall–Kier alpha value is -1.51. The molecular weight excluding hydrogens is 128 g/mol. The summed E-state index contributed by atoms with van der Waals surface area (Å²) < 4.78 is 5.05. The number of rotatable bonds is 0. The summed E-state index contributed by atoms with van der Waals surface area (Å²) in [6.07, 6.45) is 1.59. The van der Waals surface area contributed by atoms with Crippen LogP contribution in [0.1, 0.15) is 0 Å². The van der Waals surface area contributed by atoms with Crippen molar-refractivity contribution in [1.82, 2.24) is 4.98 Å². The average Bonchev–Trinajstić information content (AvgIpc) is 2.33. The summed E-state index contributed by atoms with van der Waals surface area (Å²) in [5.74, 6) is 0.522. The molecule has 0 aliphatic rings. The lowest BCUT2D eigenvalue weighted by Crippen LogP contribution is -1.86. The van der Waals surface area contributed by atoms with Crippen molar-refractivity contribution < 1.29 is 4.42 Å². The van der Waals surface area contributed by atoms with Gasteiger partial charge in [-0.15, -0.1) is 0 Å². The first-order chi connectivity index (χ1) is 4.86. The lowest BCUT2D eigenvalue weighted by molar-refractivity contribution is 0.615. The fourth-order valence-electron chi connectivity index (χ4n) is 0.869. The van der Waals surface area contributed by atoms with E-state index in [0.717, 1.165) is 11.1 Å². The maximum absolute atomic E-state index is 5.43. The molecule has 0 amide bonds. The van der Waals surface area contributed by atoms with Gasteiger partial charge in [0.25, 0.3) is 0 Å². The van der Waals surface area contributed by atoms with Crippen molar-refractivity contribution >= 4 is 16.9 Å². The first-order valence-electron chi connectivity index (χ1n) is 2.96. The summed E-state index contributed by atoms with van der Waals surface area (Å²) in [5.41, 5.74) is 7.01. The SMILES string of the molecule is Nc1ccc2occc2n1. The Morgan fingerprint density at radius 2 is 2.20 bits per heavy atom. The van der Waals surface area contributed by atoms with Crippen molar-refractivity contribution in [3.05, 3.63) is 24.5 Å². The lowest BCUT2D eigenvalue weighted by Gasteiger charge is -1.88. The number of hydrogen-bond donors (Lipinski definition) is 1. The van der Waals surface area contributed by atoms with Crippen LogP contribution in [0.2, 0.25) is 0 Å². The maximum atomic E-state index is 5.43. The molecule has 0 aliphatic carbocycles. The molecule has 3 nitrogen and oxygen atoms in total. The molecular formula is C7H6N2O. The van der Waals surface area contributed by atoms with E-state index in [1.165, 1.54) is 0 Å². The van der Waals surface area contributed by atoms with Crippen LogP contribution >= 0.6 is 0 Å². The van der Waals surface area contributed by atoms with Crippen LogP contribution in [0, 0.1) is 0 Å². The number of furan rings is 1. The number of aromatic nitrogens is 1. The Balaban J connectivity index is 2.86. The molecule has 0 fully saturated rings. The number of nitrogens with zero attached hydrogens (tertiary/aromatic N) is 1. The summed E-state index contributed by atoms with van der Waals surface area (Å²) in [6.45, 7) is 0. The quantitative estimate of drug-likeness (QED) is 0.592. The number of hydrogen-bond acceptors (Lipinski definition) is 3. The van der Waals surface area contributed by atoms with Gasteiger partial charge in [-0.2, -0.15) is 0 Å². The van der Waals surface area contributed by atoms with Crippen molar-refractivity contribution in [1.29, 1.82) is 0 Å². The van der Waals surface area contributed by atoms with Gasteiger partial charge in [0.15, 0.2) is 5.58 Å². The predicted molar refractivity (Wildman–Crippen MR) is 38.4 cm³/mol. The Morgan fingerprint density at radius 3 is 3.10 bits per heavy atom. The smallest absolute Gasteiger partial charge is 0.152 e. The summed E-state index contributed by atoms with van der Waals surface area (Å²) in [4.78, 5) is 4.02. The molecule has 10 heavy (non-hydrogen) atoms. The number of nitrogens with two attached hydrogens (primary N) is 1. The van der Waals surface area contributed by atoms with Crippen LogP contribution in [0.3, 0.4) is 0 Å². The molecule has 0 spiro atoms. The zero-order valence-electron chi connectivity index (χ0n) is 5.24. The van der Waals surface area contributed by atoms with Crippen LogP contribution in [-0.4, -0.2) is 4.98 Å². The van der Waals surface area contributed by atoms with Gasteiger partial charge in [0.2, 0.25) is 0 Å². The molecule has 0 radical (unpaired) electrons. The maximum Gasteiger partial charge on any atom is 0.152 e. The third-order valence-electron chi connectivity index (χ3n) is 1.33. The fraction of sp³-hybridized carbons (Fsp3) is 0. The minimum Gasteiger partial charge on any atom is -0.463 e. The Bertz CT molecular complexity index is 353. The molecule has 0 unspecified atom stereocenters. The lowest BCUT2D eigenvalue weighted by atomic mass is 10.4. The highest BCUT2D eigenvalue weighted by atomic mass is 16.3. The molecule has 2 aromatic rings. The zero-order valence-corrected chi connectivity index (χ0v) is 5.24. The van der Waals surface area contributed by atoms with Gasteiger partial charge in [-0.3, -0.25) is 0 Å². The summed E-state index contributed by atoms with van der Waals surface area (Å²) >= 11 is 0. The third kappa shape index (κ3) is 0.639. The monoisotopic (exact) mass is 134 g/mol. The molecule has 2 rings (SSSR count). The van der Waals surface area contributed by atoms with Crippen molar-refractivity contribution in [2.24, 2.45) is 0 Å². The number of anilines is 1. The van der Waals surface area contributed by atoms with Gasteiger partial charge in [0.1, 0.15) is 11.3 Å². The van der Waals surface area contributed by atoms with Gasteiger partial charge in [-0.05, 0) is 12.1 Å². The molecule has 0 atom stereocenters. The molecule has 0 bridgehead atoms. The topological polar surface area (TPSA) is 52.0 Å². The zero-order chi connectivity index (χ0) is 6.97. The van der Waals surface area contributed by atoms with E-state index >= 15 is 0 Å². The second-order valence-corrected chi connectivity index (χ2v) is 2.04. The van der Waals surface area contributed by atoms with Crippen molar-refractivity contribution in [3.63, 3.8) is 0 Å². The van der Waals surface area contributed by atoms with Gasteiger partial charge in [0.05, 0.1) is 6.26 Å². The largest absolute Gasteiger partial charge is 0.463 e. The molecule has 50 valence electrons. The van der Waals surface area contributed by atoms with Gasteiger partial charge in [-0.25, -0.2) is 4.98 Å². The van der Waals surface area contributed by atoms with E-state index in [0.29, 0.717) is 5.82 Å². The van der Waals surface area contributed by atoms with Crippen molar-refractivity contribution in [2.75, 3.05) is 5.73 Å². The number of nitrogen functional groups attached to an aromatic ring is 1. The van der Waals surface area contributed by atoms with Crippen LogP contribution < -0.4 is 5.73 Å².